The van der Waals surface area contributed by atoms with E-state index in [0.29, 0.717) is 11.1 Å². The number of aliphatic hydroxyl groups excluding tert-OH is 1. The first kappa shape index (κ1) is 10.3. The van der Waals surface area contributed by atoms with E-state index >= 15 is 0 Å². The fourth-order valence-electron chi connectivity index (χ4n) is 1.39. The molecule has 2 aromatic rings. The van der Waals surface area contributed by atoms with Crippen LogP contribution in [0, 0.1) is 12.7 Å². The second kappa shape index (κ2) is 4.13. The van der Waals surface area contributed by atoms with Crippen molar-refractivity contribution in [3.05, 3.63) is 57.5 Å². The van der Waals surface area contributed by atoms with Crippen LogP contribution in [-0.2, 0) is 0 Å². The standard InChI is InChI=1S/C12H11FOS/c1-8-4-5-9(7-10(8)13)12(14)11-3-2-6-15-11/h2-7,12,14H,1H3. The molecular formula is C12H11FOS. The number of aryl methyl sites for hydroxylation is 1. The first-order valence-corrected chi connectivity index (χ1v) is 5.54. The van der Waals surface area contributed by atoms with Crippen molar-refractivity contribution in [2.45, 2.75) is 13.0 Å². The van der Waals surface area contributed by atoms with Gasteiger partial charge in [-0.15, -0.1) is 11.3 Å². The highest BCUT2D eigenvalue weighted by atomic mass is 32.1. The highest BCUT2D eigenvalue weighted by Gasteiger charge is 2.12. The van der Waals surface area contributed by atoms with Crippen LogP contribution in [0.15, 0.2) is 35.7 Å². The Kier molecular flexibility index (Phi) is 2.84. The fraction of sp³-hybridized carbons (Fsp3) is 0.167. The van der Waals surface area contributed by atoms with Gasteiger partial charge < -0.3 is 5.11 Å². The first-order valence-electron chi connectivity index (χ1n) is 4.66. The van der Waals surface area contributed by atoms with Gasteiger partial charge in [-0.05, 0) is 35.6 Å². The summed E-state index contributed by atoms with van der Waals surface area (Å²) in [7, 11) is 0. The van der Waals surface area contributed by atoms with E-state index in [2.05, 4.69) is 0 Å². The molecule has 0 aliphatic heterocycles. The van der Waals surface area contributed by atoms with E-state index in [1.54, 1.807) is 19.1 Å². The molecule has 1 nitrogen and oxygen atoms in total. The third-order valence-corrected chi connectivity index (χ3v) is 3.25. The van der Waals surface area contributed by atoms with Crippen molar-refractivity contribution in [3.63, 3.8) is 0 Å². The van der Waals surface area contributed by atoms with Crippen LogP contribution in [0.5, 0.6) is 0 Å². The Hall–Kier alpha value is -1.19. The minimum absolute atomic E-state index is 0.275. The lowest BCUT2D eigenvalue weighted by Gasteiger charge is -2.09. The molecule has 1 aromatic carbocycles. The van der Waals surface area contributed by atoms with Crippen molar-refractivity contribution in [2.24, 2.45) is 0 Å². The SMILES string of the molecule is Cc1ccc(C(O)c2cccs2)cc1F. The predicted molar refractivity (Wildman–Crippen MR) is 59.5 cm³/mol. The Balaban J connectivity index is 2.34. The molecule has 0 spiro atoms. The number of hydrogen-bond acceptors (Lipinski definition) is 2. The maximum Gasteiger partial charge on any atom is 0.126 e. The molecule has 0 aliphatic carbocycles. The molecule has 1 unspecified atom stereocenters. The van der Waals surface area contributed by atoms with Crippen molar-refractivity contribution < 1.29 is 9.50 Å². The number of rotatable bonds is 2. The molecule has 0 radical (unpaired) electrons. The lowest BCUT2D eigenvalue weighted by atomic mass is 10.1. The molecule has 0 fully saturated rings. The van der Waals surface area contributed by atoms with E-state index in [9.17, 15) is 9.50 Å². The van der Waals surface area contributed by atoms with Crippen LogP contribution in [0.2, 0.25) is 0 Å². The van der Waals surface area contributed by atoms with Crippen LogP contribution in [0.3, 0.4) is 0 Å². The van der Waals surface area contributed by atoms with Crippen molar-refractivity contribution in [1.29, 1.82) is 0 Å². The van der Waals surface area contributed by atoms with Crippen LogP contribution in [0.1, 0.15) is 22.1 Å². The minimum Gasteiger partial charge on any atom is -0.383 e. The number of halogens is 1. The number of hydrogen-bond donors (Lipinski definition) is 1. The van der Waals surface area contributed by atoms with Gasteiger partial charge in [0.25, 0.3) is 0 Å². The maximum atomic E-state index is 13.3. The van der Waals surface area contributed by atoms with Gasteiger partial charge in [0, 0.05) is 4.88 Å². The van der Waals surface area contributed by atoms with Gasteiger partial charge in [-0.25, -0.2) is 4.39 Å². The van der Waals surface area contributed by atoms with Crippen LogP contribution >= 0.6 is 11.3 Å². The summed E-state index contributed by atoms with van der Waals surface area (Å²) in [6.07, 6.45) is -0.722. The van der Waals surface area contributed by atoms with E-state index in [1.807, 2.05) is 17.5 Å². The van der Waals surface area contributed by atoms with E-state index in [1.165, 1.54) is 17.4 Å². The van der Waals surface area contributed by atoms with E-state index in [0.717, 1.165) is 4.88 Å². The smallest absolute Gasteiger partial charge is 0.126 e. The first-order chi connectivity index (χ1) is 7.18. The zero-order chi connectivity index (χ0) is 10.8. The number of aliphatic hydroxyl groups is 1. The highest BCUT2D eigenvalue weighted by Crippen LogP contribution is 2.26. The molecule has 1 atom stereocenters. The number of benzene rings is 1. The molecule has 0 bridgehead atoms. The largest absolute Gasteiger partial charge is 0.383 e. The topological polar surface area (TPSA) is 20.2 Å². The fourth-order valence-corrected chi connectivity index (χ4v) is 2.13. The Morgan fingerprint density at radius 1 is 1.33 bits per heavy atom. The lowest BCUT2D eigenvalue weighted by Crippen LogP contribution is -1.98. The summed E-state index contributed by atoms with van der Waals surface area (Å²) in [5.41, 5.74) is 1.19. The molecule has 0 saturated heterocycles. The second-order valence-corrected chi connectivity index (χ2v) is 4.41. The zero-order valence-electron chi connectivity index (χ0n) is 8.27. The van der Waals surface area contributed by atoms with Crippen LogP contribution in [-0.4, -0.2) is 5.11 Å². The van der Waals surface area contributed by atoms with Gasteiger partial charge in [-0.2, -0.15) is 0 Å². The second-order valence-electron chi connectivity index (χ2n) is 3.43. The van der Waals surface area contributed by atoms with Crippen molar-refractivity contribution in [3.8, 4) is 0 Å². The van der Waals surface area contributed by atoms with Crippen molar-refractivity contribution in [2.75, 3.05) is 0 Å². The van der Waals surface area contributed by atoms with Crippen molar-refractivity contribution in [1.82, 2.24) is 0 Å². The summed E-state index contributed by atoms with van der Waals surface area (Å²) >= 11 is 1.46. The highest BCUT2D eigenvalue weighted by molar-refractivity contribution is 7.10. The molecule has 1 heterocycles. The van der Waals surface area contributed by atoms with Crippen LogP contribution in [0.4, 0.5) is 4.39 Å². The normalized spacial score (nSPS) is 12.7. The molecule has 1 aromatic heterocycles. The quantitative estimate of drug-likeness (QED) is 0.826. The zero-order valence-corrected chi connectivity index (χ0v) is 9.09. The van der Waals surface area contributed by atoms with Gasteiger partial charge in [0.2, 0.25) is 0 Å². The Morgan fingerprint density at radius 2 is 2.13 bits per heavy atom. The third kappa shape index (κ3) is 2.08. The Bertz CT molecular complexity index is 451. The summed E-state index contributed by atoms with van der Waals surface area (Å²) in [6, 6.07) is 8.53. The molecule has 3 heteroatoms. The summed E-state index contributed by atoms with van der Waals surface area (Å²) < 4.78 is 13.3. The summed E-state index contributed by atoms with van der Waals surface area (Å²) in [4.78, 5) is 0.832. The summed E-state index contributed by atoms with van der Waals surface area (Å²) in [5.74, 6) is -0.275. The molecule has 78 valence electrons. The van der Waals surface area contributed by atoms with Crippen LogP contribution < -0.4 is 0 Å². The molecule has 1 N–H and O–H groups in total. The average Bonchev–Trinajstić information content (AvgIpc) is 2.74. The summed E-state index contributed by atoms with van der Waals surface area (Å²) in [6.45, 7) is 1.70. The number of thiophene rings is 1. The van der Waals surface area contributed by atoms with Gasteiger partial charge in [0.05, 0.1) is 0 Å². The van der Waals surface area contributed by atoms with Gasteiger partial charge >= 0.3 is 0 Å². The third-order valence-electron chi connectivity index (χ3n) is 2.32. The Morgan fingerprint density at radius 3 is 2.73 bits per heavy atom. The van der Waals surface area contributed by atoms with Crippen molar-refractivity contribution >= 4 is 11.3 Å². The van der Waals surface area contributed by atoms with Gasteiger partial charge in [0.1, 0.15) is 11.9 Å². The van der Waals surface area contributed by atoms with E-state index < -0.39 is 6.10 Å². The Labute approximate surface area is 91.8 Å². The van der Waals surface area contributed by atoms with Gasteiger partial charge in [-0.1, -0.05) is 18.2 Å². The minimum atomic E-state index is -0.722. The lowest BCUT2D eigenvalue weighted by molar-refractivity contribution is 0.223. The predicted octanol–water partition coefficient (Wildman–Crippen LogP) is 3.28. The molecule has 0 aliphatic rings. The monoisotopic (exact) mass is 222 g/mol. The van der Waals surface area contributed by atoms with Gasteiger partial charge in [0.15, 0.2) is 0 Å². The molecule has 15 heavy (non-hydrogen) atoms. The molecular weight excluding hydrogens is 211 g/mol. The van der Waals surface area contributed by atoms with Gasteiger partial charge in [-0.3, -0.25) is 0 Å². The van der Waals surface area contributed by atoms with Crippen LogP contribution in [0.25, 0.3) is 0 Å². The summed E-state index contributed by atoms with van der Waals surface area (Å²) in [5, 5.41) is 11.8. The maximum absolute atomic E-state index is 13.3. The molecule has 0 saturated carbocycles. The average molecular weight is 222 g/mol. The van der Waals surface area contributed by atoms with E-state index in [-0.39, 0.29) is 5.82 Å². The van der Waals surface area contributed by atoms with E-state index in [4.69, 9.17) is 0 Å². The molecule has 0 amide bonds. The molecule has 2 rings (SSSR count).